The Morgan fingerprint density at radius 3 is 2.38 bits per heavy atom. The molecule has 0 aromatic heterocycles. The number of rotatable bonds is 6. The van der Waals surface area contributed by atoms with E-state index in [0.29, 0.717) is 16.7 Å². The van der Waals surface area contributed by atoms with E-state index in [1.165, 1.54) is 12.1 Å². The number of Topliss-reactive ketones (excluding diaryl/α,β-unsaturated/α-hetero) is 1. The molecule has 0 amide bonds. The second kappa shape index (κ2) is 9.69. The van der Waals surface area contributed by atoms with Gasteiger partial charge in [-0.05, 0) is 54.5 Å². The van der Waals surface area contributed by atoms with Crippen LogP contribution in [0.15, 0.2) is 58.6 Å². The molecule has 0 fully saturated rings. The fraction of sp³-hybridized carbons (Fsp3) is 0.190. The lowest BCUT2D eigenvalue weighted by Gasteiger charge is -2.02. The number of nitro groups is 1. The molecule has 0 bridgehead atoms. The number of carbonyl (C=O) groups is 1. The molecule has 26 heavy (non-hydrogen) atoms. The van der Waals surface area contributed by atoms with Crippen LogP contribution in [0.3, 0.4) is 0 Å². The van der Waals surface area contributed by atoms with Gasteiger partial charge in [0.15, 0.2) is 0 Å². The SMILES string of the molecule is CCCCC#C/C(=C\c1ccc([N+](=O)[O-])cc1)C(=O)c1ccc(Br)cc1. The minimum absolute atomic E-state index is 0.0111. The summed E-state index contributed by atoms with van der Waals surface area (Å²) in [6, 6.07) is 13.1. The maximum absolute atomic E-state index is 12.8. The molecular weight excluding hydrogens is 394 g/mol. The van der Waals surface area contributed by atoms with Crippen LogP contribution in [-0.2, 0) is 0 Å². The second-order valence-corrected chi connectivity index (χ2v) is 6.56. The Hall–Kier alpha value is -2.71. The number of hydrogen-bond donors (Lipinski definition) is 0. The van der Waals surface area contributed by atoms with E-state index >= 15 is 0 Å². The lowest BCUT2D eigenvalue weighted by atomic mass is 10.0. The molecule has 0 spiro atoms. The van der Waals surface area contributed by atoms with Crippen LogP contribution in [0.4, 0.5) is 5.69 Å². The average Bonchev–Trinajstić information content (AvgIpc) is 2.64. The zero-order valence-corrected chi connectivity index (χ0v) is 16.0. The van der Waals surface area contributed by atoms with Crippen LogP contribution in [0.1, 0.15) is 42.1 Å². The lowest BCUT2D eigenvalue weighted by Crippen LogP contribution is -2.02. The van der Waals surface area contributed by atoms with Gasteiger partial charge in [0.05, 0.1) is 10.5 Å². The molecule has 0 aliphatic heterocycles. The van der Waals surface area contributed by atoms with Crippen molar-refractivity contribution in [1.82, 2.24) is 0 Å². The minimum Gasteiger partial charge on any atom is -0.288 e. The van der Waals surface area contributed by atoms with E-state index in [1.807, 2.05) is 0 Å². The number of halogens is 1. The van der Waals surface area contributed by atoms with Gasteiger partial charge in [0.25, 0.3) is 5.69 Å². The molecule has 0 heterocycles. The standard InChI is InChI=1S/C21H18BrNO3/c1-2-3-4-5-6-18(21(24)17-9-11-19(22)12-10-17)15-16-7-13-20(14-8-16)23(25)26/h7-15H,2-4H2,1H3/b18-15+. The molecule has 2 rings (SSSR count). The van der Waals surface area contributed by atoms with E-state index in [1.54, 1.807) is 42.5 Å². The van der Waals surface area contributed by atoms with Gasteiger partial charge < -0.3 is 0 Å². The van der Waals surface area contributed by atoms with Gasteiger partial charge in [0.1, 0.15) is 0 Å². The van der Waals surface area contributed by atoms with Crippen LogP contribution in [0, 0.1) is 22.0 Å². The van der Waals surface area contributed by atoms with Crippen LogP contribution in [0.25, 0.3) is 6.08 Å². The summed E-state index contributed by atoms with van der Waals surface area (Å²) in [5.74, 6) is 5.84. The largest absolute Gasteiger partial charge is 0.288 e. The minimum atomic E-state index is -0.452. The highest BCUT2D eigenvalue weighted by Gasteiger charge is 2.11. The zero-order chi connectivity index (χ0) is 18.9. The van der Waals surface area contributed by atoms with Gasteiger partial charge in [-0.25, -0.2) is 0 Å². The molecule has 0 saturated heterocycles. The van der Waals surface area contributed by atoms with Crippen LogP contribution < -0.4 is 0 Å². The molecule has 0 N–H and O–H groups in total. The fourth-order valence-electron chi connectivity index (χ4n) is 2.20. The maximum Gasteiger partial charge on any atom is 0.269 e. The summed E-state index contributed by atoms with van der Waals surface area (Å²) >= 11 is 3.35. The number of nitro benzene ring substituents is 1. The van der Waals surface area contributed by atoms with Crippen molar-refractivity contribution in [2.75, 3.05) is 0 Å². The quantitative estimate of drug-likeness (QED) is 0.150. The van der Waals surface area contributed by atoms with E-state index in [4.69, 9.17) is 0 Å². The summed E-state index contributed by atoms with van der Waals surface area (Å²) in [5.41, 5.74) is 1.63. The monoisotopic (exact) mass is 411 g/mol. The van der Waals surface area contributed by atoms with Gasteiger partial charge in [-0.15, -0.1) is 0 Å². The summed E-state index contributed by atoms with van der Waals surface area (Å²) in [6.45, 7) is 2.09. The smallest absolute Gasteiger partial charge is 0.269 e. The first-order chi connectivity index (χ1) is 12.5. The third-order valence-electron chi connectivity index (χ3n) is 3.64. The van der Waals surface area contributed by atoms with Crippen molar-refractivity contribution < 1.29 is 9.72 Å². The molecule has 0 unspecified atom stereocenters. The summed E-state index contributed by atoms with van der Waals surface area (Å²) < 4.78 is 0.893. The van der Waals surface area contributed by atoms with Gasteiger partial charge in [0.2, 0.25) is 5.78 Å². The van der Waals surface area contributed by atoms with E-state index in [2.05, 4.69) is 34.7 Å². The van der Waals surface area contributed by atoms with Gasteiger partial charge in [0, 0.05) is 28.6 Å². The molecule has 0 aliphatic carbocycles. The topological polar surface area (TPSA) is 60.2 Å². The molecule has 0 atom stereocenters. The third-order valence-corrected chi connectivity index (χ3v) is 4.17. The first-order valence-electron chi connectivity index (χ1n) is 8.26. The Labute approximate surface area is 161 Å². The van der Waals surface area contributed by atoms with Crippen molar-refractivity contribution in [3.63, 3.8) is 0 Å². The lowest BCUT2D eigenvalue weighted by molar-refractivity contribution is -0.384. The van der Waals surface area contributed by atoms with Crippen molar-refractivity contribution in [3.8, 4) is 11.8 Å². The van der Waals surface area contributed by atoms with Gasteiger partial charge >= 0.3 is 0 Å². The van der Waals surface area contributed by atoms with Gasteiger partial charge in [-0.2, -0.15) is 0 Å². The van der Waals surface area contributed by atoms with Crippen LogP contribution in [0.2, 0.25) is 0 Å². The van der Waals surface area contributed by atoms with E-state index in [0.717, 1.165) is 23.7 Å². The zero-order valence-electron chi connectivity index (χ0n) is 14.4. The number of hydrogen-bond acceptors (Lipinski definition) is 3. The molecule has 5 heteroatoms. The number of ketones is 1. The molecule has 0 saturated carbocycles. The maximum atomic E-state index is 12.8. The Morgan fingerprint density at radius 1 is 1.15 bits per heavy atom. The molecule has 132 valence electrons. The van der Waals surface area contributed by atoms with Crippen LogP contribution in [0.5, 0.6) is 0 Å². The molecule has 0 aliphatic rings. The molecule has 2 aromatic rings. The summed E-state index contributed by atoms with van der Waals surface area (Å²) in [7, 11) is 0. The average molecular weight is 412 g/mol. The number of unbranched alkanes of at least 4 members (excludes halogenated alkanes) is 2. The van der Waals surface area contributed by atoms with Crippen molar-refractivity contribution in [1.29, 1.82) is 0 Å². The number of nitrogens with zero attached hydrogens (tertiary/aromatic N) is 1. The van der Waals surface area contributed by atoms with Gasteiger partial charge in [-0.3, -0.25) is 14.9 Å². The number of carbonyl (C=O) groups excluding carboxylic acids is 1. The highest BCUT2D eigenvalue weighted by atomic mass is 79.9. The molecular formula is C21H18BrNO3. The van der Waals surface area contributed by atoms with Crippen molar-refractivity contribution in [3.05, 3.63) is 79.8 Å². The highest BCUT2D eigenvalue weighted by molar-refractivity contribution is 9.10. The Balaban J connectivity index is 2.35. The summed E-state index contributed by atoms with van der Waals surface area (Å²) in [5, 5.41) is 10.8. The van der Waals surface area contributed by atoms with Crippen molar-refractivity contribution in [2.24, 2.45) is 0 Å². The third kappa shape index (κ3) is 5.68. The van der Waals surface area contributed by atoms with Gasteiger partial charge in [-0.1, -0.05) is 41.1 Å². The Morgan fingerprint density at radius 2 is 1.81 bits per heavy atom. The van der Waals surface area contributed by atoms with E-state index < -0.39 is 4.92 Å². The molecule has 4 nitrogen and oxygen atoms in total. The van der Waals surface area contributed by atoms with Crippen LogP contribution in [-0.4, -0.2) is 10.7 Å². The van der Waals surface area contributed by atoms with Crippen molar-refractivity contribution >= 4 is 33.5 Å². The van der Waals surface area contributed by atoms with Crippen LogP contribution >= 0.6 is 15.9 Å². The fourth-order valence-corrected chi connectivity index (χ4v) is 2.46. The number of benzene rings is 2. The second-order valence-electron chi connectivity index (χ2n) is 5.65. The molecule has 2 aromatic carbocycles. The van der Waals surface area contributed by atoms with E-state index in [-0.39, 0.29) is 11.5 Å². The van der Waals surface area contributed by atoms with E-state index in [9.17, 15) is 14.9 Å². The first-order valence-corrected chi connectivity index (χ1v) is 9.06. The Kier molecular flexibility index (Phi) is 7.31. The first kappa shape index (κ1) is 19.6. The van der Waals surface area contributed by atoms with Crippen molar-refractivity contribution in [2.45, 2.75) is 26.2 Å². The molecule has 0 radical (unpaired) electrons. The number of allylic oxidation sites excluding steroid dienone is 1. The normalized spacial score (nSPS) is 10.8. The predicted octanol–water partition coefficient (Wildman–Crippen LogP) is 5.82. The predicted molar refractivity (Wildman–Crippen MR) is 107 cm³/mol. The highest BCUT2D eigenvalue weighted by Crippen LogP contribution is 2.18. The number of non-ortho nitro benzene ring substituents is 1. The summed E-state index contributed by atoms with van der Waals surface area (Å²) in [6.07, 6.45) is 4.41. The summed E-state index contributed by atoms with van der Waals surface area (Å²) in [4.78, 5) is 23.1. The Bertz CT molecular complexity index is 872.